The van der Waals surface area contributed by atoms with Gasteiger partial charge in [-0.1, -0.05) is 26.2 Å². The number of nitrogens with zero attached hydrogens (tertiary/aromatic N) is 2. The summed E-state index contributed by atoms with van der Waals surface area (Å²) in [6.07, 6.45) is 5.87. The molecule has 0 spiro atoms. The van der Waals surface area contributed by atoms with Crippen LogP contribution >= 0.6 is 22.7 Å². The van der Waals surface area contributed by atoms with Gasteiger partial charge < -0.3 is 5.32 Å². The minimum atomic E-state index is -0.156. The number of thiophene rings is 2. The molecule has 1 atom stereocenters. The van der Waals surface area contributed by atoms with Gasteiger partial charge in [0, 0.05) is 26.7 Å². The van der Waals surface area contributed by atoms with Crippen molar-refractivity contribution in [2.24, 2.45) is 0 Å². The first-order valence-corrected chi connectivity index (χ1v) is 11.0. The van der Waals surface area contributed by atoms with E-state index in [-0.39, 0.29) is 24.1 Å². The van der Waals surface area contributed by atoms with Gasteiger partial charge in [-0.25, -0.2) is 4.98 Å². The van der Waals surface area contributed by atoms with Gasteiger partial charge in [0.2, 0.25) is 5.91 Å². The Morgan fingerprint density at radius 3 is 2.85 bits per heavy atom. The second-order valence-corrected chi connectivity index (χ2v) is 9.03. The zero-order chi connectivity index (χ0) is 19.4. The molecule has 0 aliphatic rings. The number of aromatic nitrogens is 2. The van der Waals surface area contributed by atoms with Crippen LogP contribution in [-0.4, -0.2) is 21.5 Å². The fraction of sp³-hybridized carbons (Fsp3) is 0.450. The molecule has 1 amide bonds. The quantitative estimate of drug-likeness (QED) is 0.560. The number of amides is 1. The lowest BCUT2D eigenvalue weighted by Gasteiger charge is -2.14. The van der Waals surface area contributed by atoms with Crippen LogP contribution in [0.3, 0.4) is 0 Å². The molecule has 0 fully saturated rings. The van der Waals surface area contributed by atoms with Gasteiger partial charge >= 0.3 is 0 Å². The summed E-state index contributed by atoms with van der Waals surface area (Å²) in [5, 5.41) is 5.57. The third-order valence-corrected chi connectivity index (χ3v) is 6.45. The summed E-state index contributed by atoms with van der Waals surface area (Å²) in [7, 11) is 0. The van der Waals surface area contributed by atoms with Gasteiger partial charge in [0.1, 0.15) is 11.4 Å². The molecular weight excluding hydrogens is 378 g/mol. The Kier molecular flexibility index (Phi) is 6.44. The van der Waals surface area contributed by atoms with E-state index in [1.807, 2.05) is 31.4 Å². The van der Waals surface area contributed by atoms with E-state index in [4.69, 9.17) is 0 Å². The van der Waals surface area contributed by atoms with Crippen molar-refractivity contribution in [1.29, 1.82) is 0 Å². The average molecular weight is 404 g/mol. The Hall–Kier alpha value is -1.99. The van der Waals surface area contributed by atoms with Crippen molar-refractivity contribution in [3.63, 3.8) is 0 Å². The predicted octanol–water partition coefficient (Wildman–Crippen LogP) is 4.58. The van der Waals surface area contributed by atoms with Gasteiger partial charge in [-0.3, -0.25) is 14.2 Å². The van der Waals surface area contributed by atoms with E-state index in [9.17, 15) is 9.59 Å². The lowest BCUT2D eigenvalue weighted by molar-refractivity contribution is -0.122. The molecule has 0 aliphatic carbocycles. The molecular formula is C20H25N3O2S2. The first-order valence-electron chi connectivity index (χ1n) is 9.32. The molecule has 0 aromatic carbocycles. The summed E-state index contributed by atoms with van der Waals surface area (Å²) in [6.45, 7) is 6.22. The Labute approximate surface area is 167 Å². The van der Waals surface area contributed by atoms with Gasteiger partial charge in [-0.2, -0.15) is 0 Å². The SMILES string of the molecule is CCCCCC(C)NC(=O)Cn1cnc2scc(-c3ccc(C)s3)c2c1=O. The minimum absolute atomic E-state index is 0.00134. The number of nitrogens with one attached hydrogen (secondary N) is 1. The van der Waals surface area contributed by atoms with Crippen molar-refractivity contribution in [2.75, 3.05) is 0 Å². The van der Waals surface area contributed by atoms with E-state index in [0.29, 0.717) is 10.2 Å². The second-order valence-electron chi connectivity index (χ2n) is 6.88. The van der Waals surface area contributed by atoms with E-state index < -0.39 is 0 Å². The third kappa shape index (κ3) is 4.65. The lowest BCUT2D eigenvalue weighted by atomic mass is 10.1. The molecule has 1 unspecified atom stereocenters. The largest absolute Gasteiger partial charge is 0.352 e. The summed E-state index contributed by atoms with van der Waals surface area (Å²) < 4.78 is 1.41. The highest BCUT2D eigenvalue weighted by Crippen LogP contribution is 2.34. The second kappa shape index (κ2) is 8.80. The van der Waals surface area contributed by atoms with Crippen molar-refractivity contribution in [3.05, 3.63) is 39.1 Å². The Morgan fingerprint density at radius 1 is 1.33 bits per heavy atom. The summed E-state index contributed by atoms with van der Waals surface area (Å²) in [4.78, 5) is 32.7. The summed E-state index contributed by atoms with van der Waals surface area (Å²) >= 11 is 3.12. The standard InChI is InChI=1S/C20H25N3O2S2/c1-4-5-6-7-13(2)22-17(24)10-23-12-21-19-18(20(23)25)15(11-26-19)16-9-8-14(3)27-16/h8-9,11-13H,4-7,10H2,1-3H3,(H,22,24). The van der Waals surface area contributed by atoms with E-state index in [0.717, 1.165) is 29.7 Å². The van der Waals surface area contributed by atoms with Crippen LogP contribution in [0.5, 0.6) is 0 Å². The zero-order valence-electron chi connectivity index (χ0n) is 15.9. The smallest absolute Gasteiger partial charge is 0.263 e. The number of hydrogen-bond donors (Lipinski definition) is 1. The van der Waals surface area contributed by atoms with Gasteiger partial charge in [-0.05, 0) is 32.4 Å². The molecule has 0 saturated heterocycles. The maximum atomic E-state index is 13.0. The van der Waals surface area contributed by atoms with E-state index >= 15 is 0 Å². The Balaban J connectivity index is 1.78. The summed E-state index contributed by atoms with van der Waals surface area (Å²) in [6, 6.07) is 4.19. The Bertz CT molecular complexity index is 987. The summed E-state index contributed by atoms with van der Waals surface area (Å²) in [5.41, 5.74) is 0.754. The van der Waals surface area contributed by atoms with Crippen LogP contribution < -0.4 is 10.9 Å². The fourth-order valence-corrected chi connectivity index (χ4v) is 4.95. The highest BCUT2D eigenvalue weighted by Gasteiger charge is 2.16. The molecule has 7 heteroatoms. The number of unbranched alkanes of at least 4 members (excludes halogenated alkanes) is 2. The predicted molar refractivity (Wildman–Crippen MR) is 114 cm³/mol. The third-order valence-electron chi connectivity index (χ3n) is 4.53. The Morgan fingerprint density at radius 2 is 2.15 bits per heavy atom. The van der Waals surface area contributed by atoms with E-state index in [2.05, 4.69) is 17.2 Å². The van der Waals surface area contributed by atoms with Gasteiger partial charge in [0.15, 0.2) is 0 Å². The van der Waals surface area contributed by atoms with Crippen molar-refractivity contribution >= 4 is 38.8 Å². The van der Waals surface area contributed by atoms with Crippen molar-refractivity contribution < 1.29 is 4.79 Å². The van der Waals surface area contributed by atoms with Crippen molar-refractivity contribution in [2.45, 2.75) is 59.0 Å². The number of aryl methyl sites for hydroxylation is 1. The van der Waals surface area contributed by atoms with Crippen molar-refractivity contribution in [1.82, 2.24) is 14.9 Å². The van der Waals surface area contributed by atoms with Crippen LogP contribution in [0, 0.1) is 6.92 Å². The van der Waals surface area contributed by atoms with Crippen LogP contribution in [0.2, 0.25) is 0 Å². The normalized spacial score (nSPS) is 12.4. The molecule has 27 heavy (non-hydrogen) atoms. The van der Waals surface area contributed by atoms with Gasteiger partial charge in [-0.15, -0.1) is 22.7 Å². The van der Waals surface area contributed by atoms with Crippen LogP contribution in [0.1, 0.15) is 44.4 Å². The number of hydrogen-bond acceptors (Lipinski definition) is 5. The van der Waals surface area contributed by atoms with E-state index in [1.165, 1.54) is 33.5 Å². The molecule has 0 aliphatic heterocycles. The number of fused-ring (bicyclic) bond motifs is 1. The molecule has 3 aromatic rings. The topological polar surface area (TPSA) is 64.0 Å². The molecule has 3 rings (SSSR count). The highest BCUT2D eigenvalue weighted by atomic mass is 32.1. The van der Waals surface area contributed by atoms with Crippen LogP contribution in [0.4, 0.5) is 0 Å². The molecule has 0 bridgehead atoms. The minimum Gasteiger partial charge on any atom is -0.352 e. The molecule has 144 valence electrons. The van der Waals surface area contributed by atoms with Crippen LogP contribution in [0.15, 0.2) is 28.6 Å². The lowest BCUT2D eigenvalue weighted by Crippen LogP contribution is -2.37. The zero-order valence-corrected chi connectivity index (χ0v) is 17.6. The molecule has 3 aromatic heterocycles. The molecule has 1 N–H and O–H groups in total. The molecule has 5 nitrogen and oxygen atoms in total. The first-order chi connectivity index (χ1) is 13.0. The fourth-order valence-electron chi connectivity index (χ4n) is 3.09. The molecule has 0 radical (unpaired) electrons. The number of carbonyl (C=O) groups is 1. The molecule has 3 heterocycles. The maximum Gasteiger partial charge on any atom is 0.263 e. The molecule has 0 saturated carbocycles. The first kappa shape index (κ1) is 19.8. The van der Waals surface area contributed by atoms with Crippen molar-refractivity contribution in [3.8, 4) is 10.4 Å². The number of rotatable bonds is 8. The van der Waals surface area contributed by atoms with Gasteiger partial charge in [0.05, 0.1) is 11.7 Å². The van der Waals surface area contributed by atoms with Crippen LogP contribution in [0.25, 0.3) is 20.7 Å². The van der Waals surface area contributed by atoms with E-state index in [1.54, 1.807) is 11.3 Å². The van der Waals surface area contributed by atoms with Crippen LogP contribution in [-0.2, 0) is 11.3 Å². The highest BCUT2D eigenvalue weighted by molar-refractivity contribution is 7.19. The monoisotopic (exact) mass is 403 g/mol. The average Bonchev–Trinajstić information content (AvgIpc) is 3.24. The maximum absolute atomic E-state index is 13.0. The van der Waals surface area contributed by atoms with Gasteiger partial charge in [0.25, 0.3) is 5.56 Å². The summed E-state index contributed by atoms with van der Waals surface area (Å²) in [5.74, 6) is -0.147. The number of carbonyl (C=O) groups excluding carboxylic acids is 1.